The first kappa shape index (κ1) is 27.8. The molecular formula is C30H32N2O7. The zero-order chi connectivity index (χ0) is 27.8. The van der Waals surface area contributed by atoms with E-state index in [4.69, 9.17) is 9.47 Å². The van der Waals surface area contributed by atoms with Crippen molar-refractivity contribution >= 4 is 35.3 Å². The molecule has 1 fully saturated rings. The van der Waals surface area contributed by atoms with E-state index in [1.807, 2.05) is 25.1 Å². The molecular weight excluding hydrogens is 500 g/mol. The van der Waals surface area contributed by atoms with Crippen LogP contribution in [0.3, 0.4) is 0 Å². The number of benzene rings is 2. The Balaban J connectivity index is 1.38. The molecule has 9 heteroatoms. The molecule has 1 heterocycles. The van der Waals surface area contributed by atoms with Gasteiger partial charge in [-0.15, -0.1) is 0 Å². The van der Waals surface area contributed by atoms with Crippen LogP contribution in [0.2, 0.25) is 0 Å². The average molecular weight is 533 g/mol. The van der Waals surface area contributed by atoms with Gasteiger partial charge < -0.3 is 14.8 Å². The van der Waals surface area contributed by atoms with Gasteiger partial charge in [0, 0.05) is 12.1 Å². The van der Waals surface area contributed by atoms with Gasteiger partial charge in [-0.25, -0.2) is 9.59 Å². The van der Waals surface area contributed by atoms with Crippen LogP contribution in [0.1, 0.15) is 48.5 Å². The predicted molar refractivity (Wildman–Crippen MR) is 142 cm³/mol. The molecule has 2 aliphatic rings. The first-order valence-electron chi connectivity index (χ1n) is 13.2. The SMILES string of the molecule is CCCCOC(=O)c1ccc(NC(=O)COC(=O)[C@H](Cc2ccccc2)N2C(=O)[C@H]3CC=CC[C@@H]3C2=O)cc1. The fourth-order valence-corrected chi connectivity index (χ4v) is 4.76. The van der Waals surface area contributed by atoms with E-state index in [-0.39, 0.29) is 18.2 Å². The molecule has 9 nitrogen and oxygen atoms in total. The lowest BCUT2D eigenvalue weighted by Crippen LogP contribution is -2.48. The van der Waals surface area contributed by atoms with Crippen LogP contribution in [0.5, 0.6) is 0 Å². The van der Waals surface area contributed by atoms with E-state index in [1.165, 1.54) is 12.1 Å². The molecule has 1 aliphatic heterocycles. The first-order chi connectivity index (χ1) is 18.9. The minimum absolute atomic E-state index is 0.0848. The van der Waals surface area contributed by atoms with Gasteiger partial charge in [0.2, 0.25) is 11.8 Å². The number of unbranched alkanes of at least 4 members (excludes halogenated alkanes) is 1. The van der Waals surface area contributed by atoms with Crippen LogP contribution in [0, 0.1) is 11.8 Å². The maximum absolute atomic E-state index is 13.2. The zero-order valence-corrected chi connectivity index (χ0v) is 21.8. The summed E-state index contributed by atoms with van der Waals surface area (Å²) in [7, 11) is 0. The second kappa shape index (κ2) is 13.0. The Morgan fingerprint density at radius 3 is 2.18 bits per heavy atom. The lowest BCUT2D eigenvalue weighted by atomic mass is 9.85. The van der Waals surface area contributed by atoms with E-state index in [9.17, 15) is 24.0 Å². The van der Waals surface area contributed by atoms with Crippen molar-refractivity contribution in [3.05, 3.63) is 77.9 Å². The smallest absolute Gasteiger partial charge is 0.338 e. The highest BCUT2D eigenvalue weighted by Crippen LogP contribution is 2.36. The van der Waals surface area contributed by atoms with Gasteiger partial charge in [0.05, 0.1) is 24.0 Å². The Bertz CT molecular complexity index is 1210. The number of fused-ring (bicyclic) bond motifs is 1. The number of nitrogens with one attached hydrogen (secondary N) is 1. The number of allylic oxidation sites excluding steroid dienone is 2. The number of anilines is 1. The Morgan fingerprint density at radius 1 is 0.923 bits per heavy atom. The largest absolute Gasteiger partial charge is 0.462 e. The molecule has 2 aromatic carbocycles. The van der Waals surface area contributed by atoms with Crippen molar-refractivity contribution in [3.8, 4) is 0 Å². The van der Waals surface area contributed by atoms with E-state index in [0.717, 1.165) is 23.3 Å². The number of imide groups is 1. The van der Waals surface area contributed by atoms with E-state index in [2.05, 4.69) is 5.32 Å². The lowest BCUT2D eigenvalue weighted by molar-refractivity contribution is -0.159. The van der Waals surface area contributed by atoms with Gasteiger partial charge in [-0.3, -0.25) is 19.3 Å². The van der Waals surface area contributed by atoms with E-state index >= 15 is 0 Å². The first-order valence-corrected chi connectivity index (χ1v) is 13.2. The van der Waals surface area contributed by atoms with Crippen molar-refractivity contribution in [2.45, 2.75) is 45.1 Å². The summed E-state index contributed by atoms with van der Waals surface area (Å²) in [4.78, 5) is 65.1. The molecule has 0 bridgehead atoms. The van der Waals surface area contributed by atoms with Gasteiger partial charge in [0.1, 0.15) is 6.04 Å². The Labute approximate surface area is 227 Å². The zero-order valence-electron chi connectivity index (χ0n) is 21.8. The second-order valence-electron chi connectivity index (χ2n) is 9.63. The minimum atomic E-state index is -1.18. The number of carbonyl (C=O) groups excluding carboxylic acids is 5. The summed E-state index contributed by atoms with van der Waals surface area (Å²) in [6, 6.07) is 14.0. The summed E-state index contributed by atoms with van der Waals surface area (Å²) in [6.07, 6.45) is 6.45. The normalized spacial score (nSPS) is 18.8. The molecule has 0 spiro atoms. The number of hydrogen-bond donors (Lipinski definition) is 1. The van der Waals surface area contributed by atoms with Gasteiger partial charge in [-0.05, 0) is 49.1 Å². The topological polar surface area (TPSA) is 119 Å². The van der Waals surface area contributed by atoms with E-state index < -0.39 is 42.3 Å². The highest BCUT2D eigenvalue weighted by molar-refractivity contribution is 6.08. The Morgan fingerprint density at radius 2 is 1.56 bits per heavy atom. The van der Waals surface area contributed by atoms with Crippen molar-refractivity contribution in [2.75, 3.05) is 18.5 Å². The lowest BCUT2D eigenvalue weighted by Gasteiger charge is -2.25. The van der Waals surface area contributed by atoms with Crippen molar-refractivity contribution in [1.29, 1.82) is 0 Å². The molecule has 2 aromatic rings. The van der Waals surface area contributed by atoms with Gasteiger partial charge in [0.15, 0.2) is 6.61 Å². The molecule has 204 valence electrons. The quantitative estimate of drug-likeness (QED) is 0.203. The van der Waals surface area contributed by atoms with Crippen molar-refractivity contribution < 1.29 is 33.4 Å². The highest BCUT2D eigenvalue weighted by Gasteiger charge is 2.51. The van der Waals surface area contributed by atoms with Crippen LogP contribution in [0.25, 0.3) is 0 Å². The number of nitrogens with zero attached hydrogens (tertiary/aromatic N) is 1. The van der Waals surface area contributed by atoms with Crippen LogP contribution in [-0.4, -0.2) is 53.8 Å². The van der Waals surface area contributed by atoms with Gasteiger partial charge in [0.25, 0.3) is 5.91 Å². The second-order valence-corrected chi connectivity index (χ2v) is 9.63. The molecule has 3 amide bonds. The third kappa shape index (κ3) is 6.79. The van der Waals surface area contributed by atoms with E-state index in [1.54, 1.807) is 36.4 Å². The van der Waals surface area contributed by atoms with Crippen LogP contribution < -0.4 is 5.32 Å². The number of amides is 3. The molecule has 0 saturated carbocycles. The van der Waals surface area contributed by atoms with Crippen molar-refractivity contribution in [3.63, 3.8) is 0 Å². The number of esters is 2. The number of carbonyl (C=O) groups is 5. The number of hydrogen-bond acceptors (Lipinski definition) is 7. The van der Waals surface area contributed by atoms with Crippen LogP contribution in [-0.2, 0) is 35.1 Å². The minimum Gasteiger partial charge on any atom is -0.462 e. The standard InChI is InChI=1S/C30H32N2O7/c1-2-3-17-38-29(36)21-13-15-22(16-14-21)31-26(33)19-39-30(37)25(18-20-9-5-4-6-10-20)32-27(34)23-11-7-8-12-24(23)28(32)35/h4-10,13-16,23-25H,2-3,11-12,17-19H2,1H3,(H,31,33)/t23-,24-,25-/m0/s1. The summed E-state index contributed by atoms with van der Waals surface area (Å²) in [5, 5.41) is 2.61. The van der Waals surface area contributed by atoms with Gasteiger partial charge in [-0.1, -0.05) is 55.8 Å². The number of rotatable bonds is 11. The van der Waals surface area contributed by atoms with Gasteiger partial charge in [-0.2, -0.15) is 0 Å². The summed E-state index contributed by atoms with van der Waals surface area (Å²) in [5.41, 5.74) is 1.52. The van der Waals surface area contributed by atoms with Crippen LogP contribution in [0.4, 0.5) is 5.69 Å². The number of ether oxygens (including phenoxy) is 2. The van der Waals surface area contributed by atoms with Crippen molar-refractivity contribution in [1.82, 2.24) is 4.90 Å². The fraction of sp³-hybridized carbons (Fsp3) is 0.367. The Kier molecular flexibility index (Phi) is 9.25. The summed E-state index contributed by atoms with van der Waals surface area (Å²) in [5.74, 6) is -3.60. The molecule has 39 heavy (non-hydrogen) atoms. The summed E-state index contributed by atoms with van der Waals surface area (Å²) >= 11 is 0. The predicted octanol–water partition coefficient (Wildman–Crippen LogP) is 3.69. The maximum Gasteiger partial charge on any atom is 0.338 e. The molecule has 1 saturated heterocycles. The third-order valence-electron chi connectivity index (χ3n) is 6.88. The molecule has 3 atom stereocenters. The van der Waals surface area contributed by atoms with Crippen LogP contribution in [0.15, 0.2) is 66.7 Å². The molecule has 0 aromatic heterocycles. The molecule has 0 unspecified atom stereocenters. The van der Waals surface area contributed by atoms with Crippen LogP contribution >= 0.6 is 0 Å². The molecule has 4 rings (SSSR count). The number of likely N-dealkylation sites (tertiary alicyclic amines) is 1. The summed E-state index contributed by atoms with van der Waals surface area (Å²) < 4.78 is 10.5. The van der Waals surface area contributed by atoms with Crippen molar-refractivity contribution in [2.24, 2.45) is 11.8 Å². The third-order valence-corrected chi connectivity index (χ3v) is 6.88. The monoisotopic (exact) mass is 532 g/mol. The molecule has 0 radical (unpaired) electrons. The summed E-state index contributed by atoms with van der Waals surface area (Å²) in [6.45, 7) is 1.74. The average Bonchev–Trinajstić information content (AvgIpc) is 3.21. The maximum atomic E-state index is 13.2. The fourth-order valence-electron chi connectivity index (χ4n) is 4.76. The van der Waals surface area contributed by atoms with E-state index in [0.29, 0.717) is 30.7 Å². The highest BCUT2D eigenvalue weighted by atomic mass is 16.5. The molecule has 1 aliphatic carbocycles. The molecule has 1 N–H and O–H groups in total. The van der Waals surface area contributed by atoms with Gasteiger partial charge >= 0.3 is 11.9 Å². The Hall–Kier alpha value is -4.27.